The molecule has 1 aliphatic rings. The van der Waals surface area contributed by atoms with Gasteiger partial charge in [0.25, 0.3) is 0 Å². The Hall–Kier alpha value is -11.9. The molecule has 0 atom stereocenters. The third-order valence-electron chi connectivity index (χ3n) is 19.0. The highest BCUT2D eigenvalue weighted by Gasteiger charge is 2.49. The molecule has 6 nitrogen and oxygen atoms in total. The van der Waals surface area contributed by atoms with Gasteiger partial charge in [0.05, 0.1) is 22.1 Å². The van der Waals surface area contributed by atoms with Crippen LogP contribution in [-0.4, -0.2) is 32.2 Å². The van der Waals surface area contributed by atoms with Crippen LogP contribution in [0, 0.1) is 0 Å². The summed E-state index contributed by atoms with van der Waals surface area (Å²) in [6, 6.07) is 131. The van der Waals surface area contributed by atoms with E-state index in [2.05, 4.69) is 336 Å². The summed E-state index contributed by atoms with van der Waals surface area (Å²) in [4.78, 5) is 18.5. The molecule has 95 heavy (non-hydrogen) atoms. The van der Waals surface area contributed by atoms with E-state index in [-0.39, 0.29) is 0 Å². The van der Waals surface area contributed by atoms with Gasteiger partial charge in [0, 0.05) is 55.4 Å². The molecule has 14 aromatic carbocycles. The molecule has 0 spiro atoms. The highest BCUT2D eigenvalue weighted by molar-refractivity contribution is 7.79. The van der Waals surface area contributed by atoms with Crippen LogP contribution in [-0.2, 0) is 0 Å². The number of nitrogens with zero attached hydrogens (tertiary/aromatic N) is 6. The highest BCUT2D eigenvalue weighted by Crippen LogP contribution is 2.43. The molecule has 0 radical (unpaired) electrons. The average molecular weight is 1250 g/mol. The Balaban J connectivity index is 0.839. The molecule has 0 saturated carbocycles. The SMILES string of the molecule is c1ccc(-c2nc(-c3ccccc3)nc(-n3c4ccc(-c5cccc(N(c6ccc(-n7c8ccccc8c8ccccc87)cc6)c6ccc(P(c7ccccc7)c7ccccc7)cc6)c5)cc4c4cc5c(cc43)-c3ccccc3[Si]5(c3ccccc3)c3ccccc3)n2)cc1. The summed E-state index contributed by atoms with van der Waals surface area (Å²) in [5, 5.41) is 14.1. The van der Waals surface area contributed by atoms with Crippen LogP contribution in [0.3, 0.4) is 0 Å². The summed E-state index contributed by atoms with van der Waals surface area (Å²) in [5.41, 5.74) is 15.2. The van der Waals surface area contributed by atoms with E-state index in [0.717, 1.165) is 66.8 Å². The Morgan fingerprint density at radius 1 is 0.274 bits per heavy atom. The largest absolute Gasteiger partial charge is 0.310 e. The summed E-state index contributed by atoms with van der Waals surface area (Å²) in [6.45, 7) is 0. The summed E-state index contributed by atoms with van der Waals surface area (Å²) in [7, 11) is -3.73. The summed E-state index contributed by atoms with van der Waals surface area (Å²) < 4.78 is 4.68. The lowest BCUT2D eigenvalue weighted by molar-refractivity contribution is 0.953. The molecule has 8 heteroatoms. The van der Waals surface area contributed by atoms with Gasteiger partial charge in [0.15, 0.2) is 19.7 Å². The van der Waals surface area contributed by atoms with E-state index >= 15 is 0 Å². The van der Waals surface area contributed by atoms with Crippen LogP contribution in [0.15, 0.2) is 358 Å². The lowest BCUT2D eigenvalue weighted by Gasteiger charge is -2.31. The Bertz CT molecular complexity index is 5520. The maximum atomic E-state index is 5.44. The number of rotatable bonds is 13. The second kappa shape index (κ2) is 23.4. The Morgan fingerprint density at radius 2 is 0.737 bits per heavy atom. The van der Waals surface area contributed by atoms with Crippen molar-refractivity contribution in [3.8, 4) is 56.7 Å². The van der Waals surface area contributed by atoms with E-state index in [1.54, 1.807) is 0 Å². The van der Waals surface area contributed by atoms with E-state index in [1.807, 2.05) is 36.4 Å². The van der Waals surface area contributed by atoms with Gasteiger partial charge in [-0.1, -0.05) is 279 Å². The standard InChI is InChI=1S/C87H59N6PSi/c1-7-26-60(27-8-1)85-88-86(61-28-9-2-10-29-61)90-87(89-85)93-81-55-46-63(57-76(81)77-59-84-78(58-82(77)93)75-42-21-24-45-83(75)95(84,71-36-15-5-16-37-71)72-38-17-6-18-39-72)62-30-25-31-67(56-62)91(65-51-53-70(54-52-65)94(68-32-11-3-12-33-68)69-34-13-4-14-35-69)64-47-49-66(50-48-64)92-79-43-22-19-40-73(79)74-41-20-23-44-80(74)92/h1-59H. The zero-order valence-corrected chi connectivity index (χ0v) is 53.6. The zero-order valence-electron chi connectivity index (χ0n) is 51.7. The third kappa shape index (κ3) is 9.46. The van der Waals surface area contributed by atoms with Crippen LogP contribution in [0.4, 0.5) is 17.1 Å². The fraction of sp³-hybridized carbons (Fsp3) is 0. The number of hydrogen-bond acceptors (Lipinski definition) is 4. The van der Waals surface area contributed by atoms with Crippen LogP contribution >= 0.6 is 7.92 Å². The molecule has 1 aliphatic heterocycles. The van der Waals surface area contributed by atoms with Gasteiger partial charge in [-0.15, -0.1) is 0 Å². The predicted octanol–water partition coefficient (Wildman–Crippen LogP) is 17.7. The topological polar surface area (TPSA) is 51.8 Å². The van der Waals surface area contributed by atoms with Crippen molar-refractivity contribution in [1.29, 1.82) is 0 Å². The smallest absolute Gasteiger partial charge is 0.238 e. The zero-order chi connectivity index (χ0) is 62.8. The molecule has 0 bridgehead atoms. The van der Waals surface area contributed by atoms with E-state index in [0.29, 0.717) is 17.6 Å². The van der Waals surface area contributed by atoms with Crippen molar-refractivity contribution in [3.63, 3.8) is 0 Å². The number of benzene rings is 14. The van der Waals surface area contributed by atoms with Gasteiger partial charge in [-0.05, 0) is 146 Å². The monoisotopic (exact) mass is 1250 g/mol. The van der Waals surface area contributed by atoms with E-state index in [9.17, 15) is 0 Å². The fourth-order valence-electron chi connectivity index (χ4n) is 14.8. The van der Waals surface area contributed by atoms with Crippen LogP contribution in [0.2, 0.25) is 0 Å². The molecule has 0 fully saturated rings. The van der Waals surface area contributed by atoms with E-state index in [1.165, 1.54) is 69.6 Å². The van der Waals surface area contributed by atoms with Crippen LogP contribution in [0.5, 0.6) is 0 Å². The summed E-state index contributed by atoms with van der Waals surface area (Å²) in [5.74, 6) is 1.77. The third-order valence-corrected chi connectivity index (χ3v) is 26.3. The number of para-hydroxylation sites is 2. The van der Waals surface area contributed by atoms with Crippen molar-refractivity contribution < 1.29 is 0 Å². The first-order valence-electron chi connectivity index (χ1n) is 32.3. The van der Waals surface area contributed by atoms with Crippen molar-refractivity contribution >= 4 is 113 Å². The normalized spacial score (nSPS) is 12.4. The molecule has 18 rings (SSSR count). The van der Waals surface area contributed by atoms with Gasteiger partial charge >= 0.3 is 0 Å². The van der Waals surface area contributed by atoms with Crippen molar-refractivity contribution in [2.45, 2.75) is 0 Å². The second-order valence-corrected chi connectivity index (χ2v) is 30.3. The molecule has 0 unspecified atom stereocenters. The lowest BCUT2D eigenvalue weighted by Crippen LogP contribution is -2.72. The van der Waals surface area contributed by atoms with Gasteiger partial charge in [0.1, 0.15) is 0 Å². The second-order valence-electron chi connectivity index (χ2n) is 24.3. The van der Waals surface area contributed by atoms with E-state index < -0.39 is 16.0 Å². The Labute approximate surface area is 553 Å². The quantitative estimate of drug-likeness (QED) is 0.0853. The van der Waals surface area contributed by atoms with Gasteiger partial charge in [-0.2, -0.15) is 9.97 Å². The minimum atomic E-state index is -2.91. The number of fused-ring (bicyclic) bond motifs is 9. The maximum absolute atomic E-state index is 5.44. The predicted molar refractivity (Wildman–Crippen MR) is 401 cm³/mol. The van der Waals surface area contributed by atoms with Crippen molar-refractivity contribution in [2.75, 3.05) is 4.90 Å². The first kappa shape index (κ1) is 55.9. The molecule has 0 aliphatic carbocycles. The Kier molecular flexibility index (Phi) is 13.8. The van der Waals surface area contributed by atoms with Crippen molar-refractivity contribution in [2.24, 2.45) is 0 Å². The fourth-order valence-corrected chi connectivity index (χ4v) is 22.3. The molecule has 17 aromatic rings. The minimum absolute atomic E-state index is 0.555. The molecule has 0 saturated heterocycles. The summed E-state index contributed by atoms with van der Waals surface area (Å²) in [6.07, 6.45) is 0. The van der Waals surface area contributed by atoms with Gasteiger partial charge in [-0.25, -0.2) is 4.98 Å². The molecule has 0 amide bonds. The average Bonchev–Trinajstić information content (AvgIpc) is 1.53. The maximum Gasteiger partial charge on any atom is 0.238 e. The molecule has 0 N–H and O–H groups in total. The summed E-state index contributed by atoms with van der Waals surface area (Å²) >= 11 is 0. The van der Waals surface area contributed by atoms with Crippen LogP contribution in [0.25, 0.3) is 100 Å². The van der Waals surface area contributed by atoms with Crippen molar-refractivity contribution in [1.82, 2.24) is 24.1 Å². The minimum Gasteiger partial charge on any atom is -0.310 e. The van der Waals surface area contributed by atoms with Gasteiger partial charge in [-0.3, -0.25) is 4.57 Å². The first-order valence-corrected chi connectivity index (χ1v) is 35.7. The molecule has 4 heterocycles. The van der Waals surface area contributed by atoms with Crippen LogP contribution < -0.4 is 41.6 Å². The van der Waals surface area contributed by atoms with Gasteiger partial charge in [0.2, 0.25) is 5.95 Å². The number of anilines is 3. The first-order chi connectivity index (χ1) is 47.1. The van der Waals surface area contributed by atoms with Crippen molar-refractivity contribution in [3.05, 3.63) is 358 Å². The highest BCUT2D eigenvalue weighted by atomic mass is 31.1. The number of hydrogen-bond donors (Lipinski definition) is 0. The molecule has 3 aromatic heterocycles. The van der Waals surface area contributed by atoms with E-state index in [4.69, 9.17) is 15.0 Å². The Morgan fingerprint density at radius 3 is 1.33 bits per heavy atom. The molecular formula is C87H59N6PSi. The molecule has 446 valence electrons. The van der Waals surface area contributed by atoms with Gasteiger partial charge < -0.3 is 9.47 Å². The molecular weight excluding hydrogens is 1190 g/mol. The van der Waals surface area contributed by atoms with Crippen LogP contribution in [0.1, 0.15) is 0 Å². The number of aromatic nitrogens is 5. The lowest BCUT2D eigenvalue weighted by atomic mass is 10.0.